The fourth-order valence-electron chi connectivity index (χ4n) is 5.08. The summed E-state index contributed by atoms with van der Waals surface area (Å²) >= 11 is 0. The number of nitrogens with zero attached hydrogens (tertiary/aromatic N) is 5. The standard InChI is InChI=1S/C31H37N5O2/c1-6-28-25(10-9-13-33-28)26-16-22(11-14-35(5)7-2)17-27-24(26)12-15-36(31(27)37)21(4)29-18-30(38-8-3)23(19-32)20-34-29/h9-10,13,16-18,20-21H,6-8,11-12,14-15H2,1-5H3. The third-order valence-corrected chi connectivity index (χ3v) is 7.44. The van der Waals surface area contributed by atoms with Crippen LogP contribution in [-0.2, 0) is 19.3 Å². The van der Waals surface area contributed by atoms with Crippen LogP contribution in [0.2, 0.25) is 0 Å². The van der Waals surface area contributed by atoms with Crippen LogP contribution in [0.4, 0.5) is 0 Å². The average molecular weight is 512 g/mol. The molecule has 2 aromatic heterocycles. The molecule has 1 aliphatic heterocycles. The molecule has 1 atom stereocenters. The van der Waals surface area contributed by atoms with Crippen molar-refractivity contribution < 1.29 is 9.53 Å². The second-order valence-corrected chi connectivity index (χ2v) is 9.74. The van der Waals surface area contributed by atoms with Crippen molar-refractivity contribution in [2.75, 3.05) is 33.3 Å². The molecular formula is C31H37N5O2. The number of carbonyl (C=O) groups is 1. The predicted molar refractivity (Wildman–Crippen MR) is 149 cm³/mol. The summed E-state index contributed by atoms with van der Waals surface area (Å²) in [5, 5.41) is 9.41. The van der Waals surface area contributed by atoms with Crippen LogP contribution < -0.4 is 4.74 Å². The van der Waals surface area contributed by atoms with Crippen LogP contribution in [-0.4, -0.2) is 59.0 Å². The number of pyridine rings is 2. The Morgan fingerprint density at radius 3 is 2.66 bits per heavy atom. The highest BCUT2D eigenvalue weighted by Crippen LogP contribution is 2.36. The Morgan fingerprint density at radius 2 is 1.95 bits per heavy atom. The van der Waals surface area contributed by atoms with Crippen LogP contribution >= 0.6 is 0 Å². The summed E-state index contributed by atoms with van der Waals surface area (Å²) in [7, 11) is 2.12. The van der Waals surface area contributed by atoms with Crippen LogP contribution in [0.1, 0.15) is 72.2 Å². The van der Waals surface area contributed by atoms with Gasteiger partial charge in [-0.05, 0) is 75.5 Å². The monoisotopic (exact) mass is 511 g/mol. The van der Waals surface area contributed by atoms with Crippen LogP contribution in [0.3, 0.4) is 0 Å². The summed E-state index contributed by atoms with van der Waals surface area (Å²) in [5.41, 5.74) is 7.40. The minimum Gasteiger partial charge on any atom is -0.492 e. The fraction of sp³-hybridized carbons (Fsp3) is 0.419. The molecule has 198 valence electrons. The van der Waals surface area contributed by atoms with Gasteiger partial charge in [-0.15, -0.1) is 0 Å². The van der Waals surface area contributed by atoms with Crippen LogP contribution in [0.5, 0.6) is 5.75 Å². The van der Waals surface area contributed by atoms with Crippen LogP contribution in [0.15, 0.2) is 42.7 Å². The van der Waals surface area contributed by atoms with Gasteiger partial charge in [-0.1, -0.05) is 26.0 Å². The summed E-state index contributed by atoms with van der Waals surface area (Å²) in [5.74, 6) is 0.516. The first-order chi connectivity index (χ1) is 18.4. The molecule has 7 nitrogen and oxygen atoms in total. The van der Waals surface area contributed by atoms with Crippen molar-refractivity contribution in [1.82, 2.24) is 19.8 Å². The Kier molecular flexibility index (Phi) is 8.75. The number of aromatic nitrogens is 2. The van der Waals surface area contributed by atoms with Crippen molar-refractivity contribution in [2.45, 2.75) is 53.0 Å². The molecule has 38 heavy (non-hydrogen) atoms. The summed E-state index contributed by atoms with van der Waals surface area (Å²) in [6.07, 6.45) is 5.82. The number of benzene rings is 1. The van der Waals surface area contributed by atoms with E-state index in [1.807, 2.05) is 31.0 Å². The molecule has 1 aromatic carbocycles. The Hall–Kier alpha value is -3.76. The fourth-order valence-corrected chi connectivity index (χ4v) is 5.08. The smallest absolute Gasteiger partial charge is 0.254 e. The van der Waals surface area contributed by atoms with Crippen molar-refractivity contribution >= 4 is 5.91 Å². The average Bonchev–Trinajstić information content (AvgIpc) is 2.95. The number of ether oxygens (including phenoxy) is 1. The molecule has 0 fully saturated rings. The number of hydrogen-bond donors (Lipinski definition) is 0. The summed E-state index contributed by atoms with van der Waals surface area (Å²) in [6, 6.07) is 12.1. The third-order valence-electron chi connectivity index (χ3n) is 7.44. The Morgan fingerprint density at radius 1 is 1.16 bits per heavy atom. The minimum atomic E-state index is -0.259. The molecule has 0 N–H and O–H groups in total. The molecule has 7 heteroatoms. The first-order valence-electron chi connectivity index (χ1n) is 13.5. The van der Waals surface area contributed by atoms with E-state index in [2.05, 4.69) is 60.0 Å². The number of aryl methyl sites for hydroxylation is 1. The lowest BCUT2D eigenvalue weighted by molar-refractivity contribution is 0.0669. The molecule has 3 heterocycles. The first-order valence-corrected chi connectivity index (χ1v) is 13.5. The van der Waals surface area contributed by atoms with Gasteiger partial charge >= 0.3 is 0 Å². The van der Waals surface area contributed by atoms with Crippen LogP contribution in [0, 0.1) is 11.3 Å². The number of nitriles is 1. The van der Waals surface area contributed by atoms with Gasteiger partial charge < -0.3 is 14.5 Å². The van der Waals surface area contributed by atoms with Crippen molar-refractivity contribution in [3.63, 3.8) is 0 Å². The maximum atomic E-state index is 14.0. The normalized spacial score (nSPS) is 13.8. The van der Waals surface area contributed by atoms with E-state index in [-0.39, 0.29) is 11.9 Å². The van der Waals surface area contributed by atoms with E-state index in [0.717, 1.165) is 65.9 Å². The third kappa shape index (κ3) is 5.56. The van der Waals surface area contributed by atoms with E-state index < -0.39 is 0 Å². The lowest BCUT2D eigenvalue weighted by Crippen LogP contribution is -2.40. The van der Waals surface area contributed by atoms with Gasteiger partial charge in [0.15, 0.2) is 0 Å². The van der Waals surface area contributed by atoms with Gasteiger partial charge in [-0.25, -0.2) is 0 Å². The summed E-state index contributed by atoms with van der Waals surface area (Å²) in [6.45, 7) is 11.1. The highest BCUT2D eigenvalue weighted by Gasteiger charge is 2.32. The number of hydrogen-bond acceptors (Lipinski definition) is 6. The molecular weight excluding hydrogens is 474 g/mol. The van der Waals surface area contributed by atoms with E-state index in [1.165, 1.54) is 6.20 Å². The molecule has 0 saturated heterocycles. The number of carbonyl (C=O) groups excluding carboxylic acids is 1. The van der Waals surface area contributed by atoms with E-state index in [4.69, 9.17) is 4.74 Å². The molecule has 1 amide bonds. The topological polar surface area (TPSA) is 82.3 Å². The largest absolute Gasteiger partial charge is 0.492 e. The minimum absolute atomic E-state index is 0.0109. The molecule has 0 saturated carbocycles. The van der Waals surface area contributed by atoms with Gasteiger partial charge in [-0.3, -0.25) is 14.8 Å². The zero-order valence-electron chi connectivity index (χ0n) is 23.1. The maximum Gasteiger partial charge on any atom is 0.254 e. The maximum absolute atomic E-state index is 14.0. The molecule has 0 bridgehead atoms. The quantitative estimate of drug-likeness (QED) is 0.371. The summed E-state index contributed by atoms with van der Waals surface area (Å²) < 4.78 is 5.67. The zero-order chi connectivity index (χ0) is 27.2. The van der Waals surface area contributed by atoms with E-state index in [0.29, 0.717) is 30.2 Å². The molecule has 1 aliphatic rings. The van der Waals surface area contributed by atoms with Gasteiger partial charge in [0.05, 0.1) is 18.3 Å². The Bertz CT molecular complexity index is 1350. The second kappa shape index (κ2) is 12.2. The van der Waals surface area contributed by atoms with Crippen molar-refractivity contribution in [1.29, 1.82) is 5.26 Å². The summed E-state index contributed by atoms with van der Waals surface area (Å²) in [4.78, 5) is 27.4. The zero-order valence-corrected chi connectivity index (χ0v) is 23.1. The SMILES string of the molecule is CCOc1cc(C(C)N2CCc3c(cc(CCN(C)CC)cc3-c3cccnc3CC)C2=O)ncc1C#N. The molecule has 3 aromatic rings. The van der Waals surface area contributed by atoms with Gasteiger partial charge in [-0.2, -0.15) is 5.26 Å². The van der Waals surface area contributed by atoms with E-state index in [1.54, 1.807) is 6.07 Å². The number of rotatable bonds is 10. The highest BCUT2D eigenvalue weighted by atomic mass is 16.5. The van der Waals surface area contributed by atoms with Crippen molar-refractivity contribution in [3.05, 3.63) is 76.4 Å². The predicted octanol–water partition coefficient (Wildman–Crippen LogP) is 5.23. The first kappa shape index (κ1) is 27.3. The van der Waals surface area contributed by atoms with Crippen molar-refractivity contribution in [2.24, 2.45) is 0 Å². The van der Waals surface area contributed by atoms with Gasteiger partial charge in [0.2, 0.25) is 0 Å². The van der Waals surface area contributed by atoms with Gasteiger partial charge in [0, 0.05) is 48.4 Å². The lowest BCUT2D eigenvalue weighted by atomic mass is 9.86. The van der Waals surface area contributed by atoms with E-state index >= 15 is 0 Å². The Labute approximate surface area is 226 Å². The van der Waals surface area contributed by atoms with Gasteiger partial charge in [0.1, 0.15) is 17.4 Å². The molecule has 4 rings (SSSR count). The molecule has 0 spiro atoms. The number of fused-ring (bicyclic) bond motifs is 1. The molecule has 0 radical (unpaired) electrons. The van der Waals surface area contributed by atoms with Crippen molar-refractivity contribution in [3.8, 4) is 22.9 Å². The molecule has 0 aliphatic carbocycles. The highest BCUT2D eigenvalue weighted by molar-refractivity contribution is 5.99. The second-order valence-electron chi connectivity index (χ2n) is 9.74. The van der Waals surface area contributed by atoms with E-state index in [9.17, 15) is 10.1 Å². The number of likely N-dealkylation sites (N-methyl/N-ethyl adjacent to an activating group) is 1. The Balaban J connectivity index is 1.75. The lowest BCUT2D eigenvalue weighted by Gasteiger charge is -2.35. The number of amides is 1. The van der Waals surface area contributed by atoms with Gasteiger partial charge in [0.25, 0.3) is 5.91 Å². The van der Waals surface area contributed by atoms with Crippen LogP contribution in [0.25, 0.3) is 11.1 Å². The molecule has 1 unspecified atom stereocenters.